The molecule has 0 unspecified atom stereocenters. The van der Waals surface area contributed by atoms with Crippen LogP contribution in [0.25, 0.3) is 10.8 Å². The molecule has 0 saturated heterocycles. The van der Waals surface area contributed by atoms with E-state index in [1.807, 2.05) is 31.2 Å². The molecule has 4 rings (SSSR count). The molecule has 7 heteroatoms. The fourth-order valence-corrected chi connectivity index (χ4v) is 4.88. The molecule has 2 aromatic rings. The number of hydrogen-bond donors (Lipinski definition) is 2. The molecule has 184 valence electrons. The van der Waals surface area contributed by atoms with E-state index >= 15 is 0 Å². The molecule has 0 heterocycles. The van der Waals surface area contributed by atoms with Crippen LogP contribution in [-0.4, -0.2) is 30.9 Å². The molecular formula is C27H36N2O5. The lowest BCUT2D eigenvalue weighted by molar-refractivity contribution is 0.187. The van der Waals surface area contributed by atoms with E-state index in [4.69, 9.17) is 14.2 Å². The molecule has 0 bridgehead atoms. The Kier molecular flexibility index (Phi) is 8.50. The van der Waals surface area contributed by atoms with Crippen LogP contribution in [0, 0.1) is 0 Å². The molecule has 2 saturated carbocycles. The average molecular weight is 469 g/mol. The van der Waals surface area contributed by atoms with E-state index in [0.717, 1.165) is 57.8 Å². The molecule has 0 aromatic heterocycles. The molecule has 0 radical (unpaired) electrons. The highest BCUT2D eigenvalue weighted by Gasteiger charge is 2.23. The average Bonchev–Trinajstić information content (AvgIpc) is 2.85. The van der Waals surface area contributed by atoms with Crippen LogP contribution in [0.2, 0.25) is 0 Å². The minimum atomic E-state index is -0.484. The normalized spacial score (nSPS) is 17.2. The van der Waals surface area contributed by atoms with Crippen molar-refractivity contribution in [2.45, 2.75) is 89.6 Å². The molecule has 2 amide bonds. The highest BCUT2D eigenvalue weighted by atomic mass is 16.6. The van der Waals surface area contributed by atoms with Gasteiger partial charge in [-0.2, -0.15) is 0 Å². The lowest BCUT2D eigenvalue weighted by Gasteiger charge is -2.23. The summed E-state index contributed by atoms with van der Waals surface area (Å²) >= 11 is 0. The fourth-order valence-electron chi connectivity index (χ4n) is 4.88. The Bertz CT molecular complexity index is 980. The predicted octanol–water partition coefficient (Wildman–Crippen LogP) is 6.47. The number of ether oxygens (including phenoxy) is 3. The Hall–Kier alpha value is -2.96. The second-order valence-electron chi connectivity index (χ2n) is 9.33. The summed E-state index contributed by atoms with van der Waals surface area (Å²) in [7, 11) is 0. The number of carbonyl (C=O) groups excluding carboxylic acids is 2. The van der Waals surface area contributed by atoms with Gasteiger partial charge in [-0.25, -0.2) is 9.59 Å². The van der Waals surface area contributed by atoms with E-state index in [1.54, 1.807) is 6.07 Å². The van der Waals surface area contributed by atoms with Crippen LogP contribution in [0.1, 0.15) is 77.6 Å². The van der Waals surface area contributed by atoms with Gasteiger partial charge in [0.1, 0.15) is 5.75 Å². The molecule has 0 spiro atoms. The van der Waals surface area contributed by atoms with Crippen molar-refractivity contribution >= 4 is 23.0 Å². The topological polar surface area (TPSA) is 85.9 Å². The highest BCUT2D eigenvalue weighted by Crippen LogP contribution is 2.42. The van der Waals surface area contributed by atoms with E-state index in [-0.39, 0.29) is 12.1 Å². The van der Waals surface area contributed by atoms with Crippen LogP contribution in [-0.2, 0) is 0 Å². The Morgan fingerprint density at radius 1 is 0.794 bits per heavy atom. The van der Waals surface area contributed by atoms with Crippen LogP contribution < -0.4 is 24.8 Å². The van der Waals surface area contributed by atoms with E-state index in [1.165, 1.54) is 12.8 Å². The Balaban J connectivity index is 1.57. The van der Waals surface area contributed by atoms with E-state index in [9.17, 15) is 9.59 Å². The number of nitrogens with one attached hydrogen (secondary N) is 2. The summed E-state index contributed by atoms with van der Waals surface area (Å²) in [5, 5.41) is 7.33. The third-order valence-electron chi connectivity index (χ3n) is 6.64. The van der Waals surface area contributed by atoms with Gasteiger partial charge in [-0.3, -0.25) is 0 Å². The van der Waals surface area contributed by atoms with Gasteiger partial charge in [0, 0.05) is 28.9 Å². The zero-order valence-corrected chi connectivity index (χ0v) is 20.1. The van der Waals surface area contributed by atoms with Crippen LogP contribution >= 0.6 is 0 Å². The van der Waals surface area contributed by atoms with Gasteiger partial charge in [0.2, 0.25) is 0 Å². The van der Waals surface area contributed by atoms with Gasteiger partial charge in [-0.1, -0.05) is 69.7 Å². The number of hydrogen-bond acceptors (Lipinski definition) is 5. The maximum absolute atomic E-state index is 12.8. The Labute approximate surface area is 201 Å². The standard InChI is InChI=1S/C27H36N2O5/c1-2-17-32-24-18-23(33-26(30)28-19-11-5-3-6-12-19)21-15-9-10-16-22(21)25(24)34-27(31)29-20-13-7-4-8-14-20/h9-10,15-16,18-20H,2-8,11-14,17H2,1H3,(H,28,30)(H,29,31). The summed E-state index contributed by atoms with van der Waals surface area (Å²) in [5.74, 6) is 1.12. The number of rotatable bonds is 7. The first-order valence-corrected chi connectivity index (χ1v) is 12.8. The number of carbonyl (C=O) groups is 2. The van der Waals surface area contributed by atoms with Crippen molar-refractivity contribution in [2.24, 2.45) is 0 Å². The first-order chi connectivity index (χ1) is 16.6. The second-order valence-corrected chi connectivity index (χ2v) is 9.33. The smallest absolute Gasteiger partial charge is 0.412 e. The number of fused-ring (bicyclic) bond motifs is 1. The largest absolute Gasteiger partial charge is 0.490 e. The van der Waals surface area contributed by atoms with Gasteiger partial charge in [0.25, 0.3) is 0 Å². The maximum Gasteiger partial charge on any atom is 0.412 e. The van der Waals surface area contributed by atoms with Gasteiger partial charge in [0.15, 0.2) is 11.5 Å². The third-order valence-corrected chi connectivity index (χ3v) is 6.64. The molecule has 2 aliphatic rings. The zero-order chi connectivity index (χ0) is 23.8. The SMILES string of the molecule is CCCOc1cc(OC(=O)NC2CCCCC2)c2ccccc2c1OC(=O)NC1CCCCC1. The van der Waals surface area contributed by atoms with Crippen molar-refractivity contribution in [1.29, 1.82) is 0 Å². The molecule has 2 fully saturated rings. The van der Waals surface area contributed by atoms with E-state index < -0.39 is 12.2 Å². The first-order valence-electron chi connectivity index (χ1n) is 12.8. The molecule has 0 aliphatic heterocycles. The van der Waals surface area contributed by atoms with Gasteiger partial charge in [0.05, 0.1) is 6.61 Å². The lowest BCUT2D eigenvalue weighted by atomic mass is 9.96. The van der Waals surface area contributed by atoms with E-state index in [2.05, 4.69) is 10.6 Å². The third kappa shape index (κ3) is 6.33. The van der Waals surface area contributed by atoms with Crippen molar-refractivity contribution < 1.29 is 23.8 Å². The summed E-state index contributed by atoms with van der Waals surface area (Å²) in [6.45, 7) is 2.46. The van der Waals surface area contributed by atoms with Crippen molar-refractivity contribution in [3.8, 4) is 17.2 Å². The molecule has 2 aliphatic carbocycles. The minimum Gasteiger partial charge on any atom is -0.490 e. The van der Waals surface area contributed by atoms with Crippen molar-refractivity contribution in [3.05, 3.63) is 30.3 Å². The molecular weight excluding hydrogens is 432 g/mol. The van der Waals surface area contributed by atoms with Crippen LogP contribution in [0.4, 0.5) is 9.59 Å². The van der Waals surface area contributed by atoms with Crippen LogP contribution in [0.15, 0.2) is 30.3 Å². The van der Waals surface area contributed by atoms with Gasteiger partial charge < -0.3 is 24.8 Å². The zero-order valence-electron chi connectivity index (χ0n) is 20.1. The summed E-state index contributed by atoms with van der Waals surface area (Å²) in [6.07, 6.45) is 10.6. The Morgan fingerprint density at radius 3 is 1.94 bits per heavy atom. The maximum atomic E-state index is 12.8. The van der Waals surface area contributed by atoms with Crippen molar-refractivity contribution in [2.75, 3.05) is 6.61 Å². The summed E-state index contributed by atoms with van der Waals surface area (Å²) in [5.41, 5.74) is 0. The predicted molar refractivity (Wildman–Crippen MR) is 132 cm³/mol. The monoisotopic (exact) mass is 468 g/mol. The second kappa shape index (κ2) is 12.0. The fraction of sp³-hybridized carbons (Fsp3) is 0.556. The van der Waals surface area contributed by atoms with Crippen LogP contribution in [0.5, 0.6) is 17.2 Å². The number of benzene rings is 2. The van der Waals surface area contributed by atoms with Gasteiger partial charge >= 0.3 is 12.2 Å². The highest BCUT2D eigenvalue weighted by molar-refractivity contribution is 5.98. The van der Waals surface area contributed by atoms with E-state index in [0.29, 0.717) is 34.6 Å². The molecule has 7 nitrogen and oxygen atoms in total. The first kappa shape index (κ1) is 24.2. The Morgan fingerprint density at radius 2 is 1.35 bits per heavy atom. The summed E-state index contributed by atoms with van der Waals surface area (Å²) in [6, 6.07) is 9.38. The molecule has 34 heavy (non-hydrogen) atoms. The lowest BCUT2D eigenvalue weighted by Crippen LogP contribution is -2.38. The van der Waals surface area contributed by atoms with Gasteiger partial charge in [-0.15, -0.1) is 0 Å². The van der Waals surface area contributed by atoms with Crippen molar-refractivity contribution in [3.63, 3.8) is 0 Å². The molecule has 2 N–H and O–H groups in total. The molecule has 0 atom stereocenters. The van der Waals surface area contributed by atoms with Gasteiger partial charge in [-0.05, 0) is 32.1 Å². The molecule has 2 aromatic carbocycles. The summed E-state index contributed by atoms with van der Waals surface area (Å²) < 4.78 is 17.5. The quantitative estimate of drug-likeness (QED) is 0.486. The summed E-state index contributed by atoms with van der Waals surface area (Å²) in [4.78, 5) is 25.4. The van der Waals surface area contributed by atoms with Crippen LogP contribution in [0.3, 0.4) is 0 Å². The number of amides is 2. The van der Waals surface area contributed by atoms with Crippen molar-refractivity contribution in [1.82, 2.24) is 10.6 Å². The minimum absolute atomic E-state index is 0.138.